The van der Waals surface area contributed by atoms with Crippen molar-refractivity contribution in [1.29, 1.82) is 0 Å². The minimum atomic E-state index is -3.24. The zero-order valence-electron chi connectivity index (χ0n) is 19.0. The minimum Gasteiger partial charge on any atom is -0.319 e. The number of fused-ring (bicyclic) bond motifs is 1. The highest BCUT2D eigenvalue weighted by Gasteiger charge is 2.50. The van der Waals surface area contributed by atoms with Gasteiger partial charge in [-0.15, -0.1) is 0 Å². The lowest BCUT2D eigenvalue weighted by Gasteiger charge is -2.30. The predicted molar refractivity (Wildman–Crippen MR) is 127 cm³/mol. The molecule has 0 radical (unpaired) electrons. The van der Waals surface area contributed by atoms with Gasteiger partial charge in [0.15, 0.2) is 9.84 Å². The third kappa shape index (κ3) is 3.87. The second-order valence-corrected chi connectivity index (χ2v) is 11.7. The highest BCUT2D eigenvalue weighted by molar-refractivity contribution is 7.91. The van der Waals surface area contributed by atoms with Crippen molar-refractivity contribution in [2.24, 2.45) is 0 Å². The number of imide groups is 1. The highest BCUT2D eigenvalue weighted by atomic mass is 32.2. The average Bonchev–Trinajstić information content (AvgIpc) is 3.47. The van der Waals surface area contributed by atoms with Crippen LogP contribution in [0.15, 0.2) is 48.5 Å². The van der Waals surface area contributed by atoms with Gasteiger partial charge in [0.25, 0.3) is 5.91 Å². The molecule has 8 nitrogen and oxygen atoms in total. The molecule has 1 aliphatic carbocycles. The zero-order chi connectivity index (χ0) is 24.1. The number of carbonyl (C=O) groups excluding carboxylic acids is 3. The molecule has 2 unspecified atom stereocenters. The van der Waals surface area contributed by atoms with E-state index in [1.807, 2.05) is 18.2 Å². The maximum absolute atomic E-state index is 13.4. The summed E-state index contributed by atoms with van der Waals surface area (Å²) >= 11 is 0. The number of sulfone groups is 1. The summed E-state index contributed by atoms with van der Waals surface area (Å²) in [6, 6.07) is 13.5. The summed E-state index contributed by atoms with van der Waals surface area (Å²) in [7, 11) is -3.24. The molecule has 2 aromatic rings. The summed E-state index contributed by atoms with van der Waals surface area (Å²) in [5.41, 5.74) is 2.43. The van der Waals surface area contributed by atoms with E-state index in [0.29, 0.717) is 17.7 Å². The fraction of sp³-hybridized carbons (Fsp3) is 0.400. The minimum absolute atomic E-state index is 0.00775. The molecular weight excluding hydrogens is 454 g/mol. The second-order valence-electron chi connectivity index (χ2n) is 9.44. The number of para-hydroxylation sites is 1. The predicted octanol–water partition coefficient (Wildman–Crippen LogP) is 2.16. The summed E-state index contributed by atoms with van der Waals surface area (Å²) in [6.07, 6.45) is 3.35. The van der Waals surface area contributed by atoms with Gasteiger partial charge in [-0.25, -0.2) is 13.2 Å². The van der Waals surface area contributed by atoms with Crippen LogP contribution in [0.5, 0.6) is 0 Å². The van der Waals surface area contributed by atoms with Crippen molar-refractivity contribution in [3.63, 3.8) is 0 Å². The molecule has 1 N–H and O–H groups in total. The molecule has 2 saturated heterocycles. The quantitative estimate of drug-likeness (QED) is 0.659. The Labute approximate surface area is 198 Å². The summed E-state index contributed by atoms with van der Waals surface area (Å²) in [5, 5.41) is 2.78. The number of hydrogen-bond acceptors (Lipinski definition) is 5. The van der Waals surface area contributed by atoms with Crippen LogP contribution in [0.3, 0.4) is 0 Å². The van der Waals surface area contributed by atoms with E-state index < -0.39 is 45.8 Å². The van der Waals surface area contributed by atoms with E-state index in [2.05, 4.69) is 5.32 Å². The van der Waals surface area contributed by atoms with Crippen molar-refractivity contribution in [2.45, 2.75) is 44.2 Å². The monoisotopic (exact) mass is 481 g/mol. The summed E-state index contributed by atoms with van der Waals surface area (Å²) in [6.45, 7) is 1.20. The van der Waals surface area contributed by atoms with E-state index in [0.717, 1.165) is 24.2 Å². The molecule has 0 aromatic heterocycles. The molecule has 0 bridgehead atoms. The molecule has 0 spiro atoms. The van der Waals surface area contributed by atoms with Crippen molar-refractivity contribution in [3.8, 4) is 0 Å². The van der Waals surface area contributed by atoms with Gasteiger partial charge in [-0.3, -0.25) is 14.5 Å². The molecule has 34 heavy (non-hydrogen) atoms. The second kappa shape index (κ2) is 8.23. The lowest BCUT2D eigenvalue weighted by molar-refractivity contribution is -0.134. The third-order valence-electron chi connectivity index (χ3n) is 7.12. The lowest BCUT2D eigenvalue weighted by atomic mass is 9.89. The van der Waals surface area contributed by atoms with Gasteiger partial charge in [-0.1, -0.05) is 36.4 Å². The maximum Gasteiger partial charge on any atom is 0.325 e. The molecule has 2 aromatic carbocycles. The van der Waals surface area contributed by atoms with Crippen LogP contribution in [-0.4, -0.2) is 55.3 Å². The van der Waals surface area contributed by atoms with Crippen LogP contribution in [0.4, 0.5) is 10.5 Å². The molecule has 178 valence electrons. The fourth-order valence-corrected chi connectivity index (χ4v) is 6.96. The molecule has 2 aliphatic heterocycles. The number of aryl methyl sites for hydroxylation is 2. The number of benzene rings is 2. The van der Waals surface area contributed by atoms with E-state index in [9.17, 15) is 22.8 Å². The molecular formula is C25H27N3O5S. The zero-order valence-corrected chi connectivity index (χ0v) is 19.8. The molecule has 0 saturated carbocycles. The van der Waals surface area contributed by atoms with Gasteiger partial charge < -0.3 is 10.2 Å². The van der Waals surface area contributed by atoms with Gasteiger partial charge in [0.2, 0.25) is 5.91 Å². The Morgan fingerprint density at radius 1 is 1.12 bits per heavy atom. The Bertz CT molecular complexity index is 1280. The van der Waals surface area contributed by atoms with Crippen molar-refractivity contribution in [3.05, 3.63) is 65.2 Å². The van der Waals surface area contributed by atoms with Crippen molar-refractivity contribution in [2.75, 3.05) is 23.0 Å². The average molecular weight is 482 g/mol. The first-order chi connectivity index (χ1) is 16.2. The van der Waals surface area contributed by atoms with Gasteiger partial charge in [0.05, 0.1) is 17.5 Å². The van der Waals surface area contributed by atoms with Gasteiger partial charge in [-0.05, 0) is 61.4 Å². The van der Waals surface area contributed by atoms with Crippen LogP contribution in [-0.2, 0) is 37.8 Å². The Hall–Kier alpha value is -3.20. The Morgan fingerprint density at radius 3 is 2.56 bits per heavy atom. The number of nitrogens with zero attached hydrogens (tertiary/aromatic N) is 2. The number of anilines is 1. The number of urea groups is 1. The summed E-state index contributed by atoms with van der Waals surface area (Å²) < 4.78 is 24.2. The van der Waals surface area contributed by atoms with Gasteiger partial charge in [-0.2, -0.15) is 0 Å². The lowest BCUT2D eigenvalue weighted by Crippen LogP contribution is -2.48. The van der Waals surface area contributed by atoms with Crippen LogP contribution in [0.2, 0.25) is 0 Å². The van der Waals surface area contributed by atoms with Crippen LogP contribution < -0.4 is 10.2 Å². The highest BCUT2D eigenvalue weighted by Crippen LogP contribution is 2.33. The number of hydrogen-bond donors (Lipinski definition) is 1. The summed E-state index contributed by atoms with van der Waals surface area (Å²) in [4.78, 5) is 42.1. The Balaban J connectivity index is 1.41. The van der Waals surface area contributed by atoms with E-state index in [-0.39, 0.29) is 11.5 Å². The Morgan fingerprint density at radius 2 is 1.85 bits per heavy atom. The fourth-order valence-electron chi connectivity index (χ4n) is 5.26. The van der Waals surface area contributed by atoms with E-state index in [1.165, 1.54) is 16.0 Å². The number of amides is 4. The normalized spacial score (nSPS) is 25.3. The molecule has 3 aliphatic rings. The maximum atomic E-state index is 13.4. The van der Waals surface area contributed by atoms with Crippen molar-refractivity contribution < 1.29 is 22.8 Å². The van der Waals surface area contributed by atoms with Gasteiger partial charge in [0.1, 0.15) is 12.1 Å². The topological polar surface area (TPSA) is 104 Å². The number of rotatable bonds is 5. The molecule has 9 heteroatoms. The van der Waals surface area contributed by atoms with Crippen molar-refractivity contribution in [1.82, 2.24) is 10.2 Å². The van der Waals surface area contributed by atoms with E-state index in [1.54, 1.807) is 37.3 Å². The van der Waals surface area contributed by atoms with Gasteiger partial charge in [0, 0.05) is 5.69 Å². The standard InChI is InChI=1S/C25H27N3O5S/c1-25(19-11-10-17-6-5-7-18(17)14-19)23(30)27(24(31)26-25)15-22(29)28(20-8-3-2-4-9-20)21-12-13-34(32,33)16-21/h2-4,8-11,14,21H,5-7,12-13,15-16H2,1H3,(H,26,31). The number of carbonyl (C=O) groups is 3. The molecule has 5 rings (SSSR count). The SMILES string of the molecule is CC1(c2ccc3c(c2)CCC3)NC(=O)N(CC(=O)N(c2ccccc2)C2CCS(=O)(=O)C2)C1=O. The first-order valence-electron chi connectivity index (χ1n) is 11.5. The van der Waals surface area contributed by atoms with Crippen LogP contribution in [0, 0.1) is 0 Å². The van der Waals surface area contributed by atoms with Crippen molar-refractivity contribution >= 4 is 33.4 Å². The van der Waals surface area contributed by atoms with E-state index >= 15 is 0 Å². The largest absolute Gasteiger partial charge is 0.325 e. The third-order valence-corrected chi connectivity index (χ3v) is 8.87. The molecule has 2 atom stereocenters. The van der Waals surface area contributed by atoms with Crippen LogP contribution >= 0.6 is 0 Å². The molecule has 4 amide bonds. The van der Waals surface area contributed by atoms with E-state index in [4.69, 9.17) is 0 Å². The number of nitrogens with one attached hydrogen (secondary N) is 1. The first kappa shape index (κ1) is 22.6. The summed E-state index contributed by atoms with van der Waals surface area (Å²) in [5.74, 6) is -1.11. The van der Waals surface area contributed by atoms with Gasteiger partial charge >= 0.3 is 6.03 Å². The van der Waals surface area contributed by atoms with Crippen LogP contribution in [0.1, 0.15) is 36.5 Å². The first-order valence-corrected chi connectivity index (χ1v) is 13.3. The molecule has 2 heterocycles. The molecule has 2 fully saturated rings. The smallest absolute Gasteiger partial charge is 0.319 e. The Kier molecular flexibility index (Phi) is 5.47. The van der Waals surface area contributed by atoms with Crippen LogP contribution in [0.25, 0.3) is 0 Å².